The predicted molar refractivity (Wildman–Crippen MR) is 146 cm³/mol. The Kier molecular flexibility index (Phi) is 5.54. The average molecular weight is 553 g/mol. The number of amides is 2. The topological polar surface area (TPSA) is 126 Å². The number of aromatic nitrogens is 2. The van der Waals surface area contributed by atoms with Crippen molar-refractivity contribution in [1.82, 2.24) is 9.59 Å². The number of anilines is 1. The molecule has 5 atom stereocenters. The third-order valence-corrected chi connectivity index (χ3v) is 9.38. The maximum atomic E-state index is 14.1. The van der Waals surface area contributed by atoms with E-state index < -0.39 is 29.1 Å². The van der Waals surface area contributed by atoms with Crippen LogP contribution in [-0.2, 0) is 14.3 Å². The van der Waals surface area contributed by atoms with Crippen LogP contribution in [-0.4, -0.2) is 50.4 Å². The van der Waals surface area contributed by atoms with Gasteiger partial charge in [-0.05, 0) is 60.4 Å². The van der Waals surface area contributed by atoms with Crippen molar-refractivity contribution < 1.29 is 24.2 Å². The summed E-state index contributed by atoms with van der Waals surface area (Å²) in [4.78, 5) is 30.2. The van der Waals surface area contributed by atoms with E-state index in [4.69, 9.17) is 9.47 Å². The van der Waals surface area contributed by atoms with Gasteiger partial charge in [-0.15, -0.1) is 5.10 Å². The van der Waals surface area contributed by atoms with Crippen LogP contribution in [0.5, 0.6) is 5.75 Å². The van der Waals surface area contributed by atoms with Crippen LogP contribution >= 0.6 is 11.5 Å². The average Bonchev–Trinajstić information content (AvgIpc) is 3.70. The summed E-state index contributed by atoms with van der Waals surface area (Å²) in [5.41, 5.74) is -0.312. The Morgan fingerprint density at radius 2 is 1.85 bits per heavy atom. The number of imide groups is 1. The highest BCUT2D eigenvalue weighted by Crippen LogP contribution is 2.62. The zero-order valence-corrected chi connectivity index (χ0v) is 22.3. The van der Waals surface area contributed by atoms with Gasteiger partial charge in [0.05, 0.1) is 58.5 Å². The molecular formula is C30H24N4O5S. The van der Waals surface area contributed by atoms with Crippen LogP contribution < -0.4 is 9.64 Å². The second-order valence-electron chi connectivity index (χ2n) is 10.7. The number of aliphatic hydroxyl groups excluding tert-OH is 1. The van der Waals surface area contributed by atoms with Crippen molar-refractivity contribution in [2.24, 2.45) is 11.8 Å². The van der Waals surface area contributed by atoms with E-state index in [1.807, 2.05) is 42.5 Å². The molecule has 4 heterocycles. The molecule has 0 spiro atoms. The summed E-state index contributed by atoms with van der Waals surface area (Å²) >= 11 is 1.31. The summed E-state index contributed by atoms with van der Waals surface area (Å²) in [6, 6.07) is 20.3. The SMILES string of the molecule is C[C@]12O[C@](CCOc3ccc(-c4cnns4)cc3)(C[C@@H]1O)[C@H]1C(=O)N(c3ccc(C#N)c4ccccc34)C(=O)[C@H]12. The van der Waals surface area contributed by atoms with Gasteiger partial charge in [-0.2, -0.15) is 5.26 Å². The number of carbonyl (C=O) groups is 2. The van der Waals surface area contributed by atoms with Crippen molar-refractivity contribution in [3.8, 4) is 22.3 Å². The summed E-state index contributed by atoms with van der Waals surface area (Å²) in [6.45, 7) is 1.97. The quantitative estimate of drug-likeness (QED) is 0.355. The molecule has 2 amide bonds. The van der Waals surface area contributed by atoms with E-state index in [2.05, 4.69) is 15.7 Å². The smallest absolute Gasteiger partial charge is 0.240 e. The van der Waals surface area contributed by atoms with Crippen molar-refractivity contribution in [2.75, 3.05) is 11.5 Å². The largest absolute Gasteiger partial charge is 0.493 e. The lowest BCUT2D eigenvalue weighted by atomic mass is 9.66. The lowest BCUT2D eigenvalue weighted by Crippen LogP contribution is -2.49. The second-order valence-corrected chi connectivity index (χ2v) is 11.5. The zero-order valence-electron chi connectivity index (χ0n) is 21.5. The molecular weight excluding hydrogens is 528 g/mol. The molecule has 1 N–H and O–H groups in total. The molecule has 9 nitrogen and oxygen atoms in total. The van der Waals surface area contributed by atoms with E-state index in [1.54, 1.807) is 31.3 Å². The summed E-state index contributed by atoms with van der Waals surface area (Å²) < 4.78 is 16.3. The number of aliphatic hydroxyl groups is 1. The Bertz CT molecular complexity index is 1700. The van der Waals surface area contributed by atoms with Crippen LogP contribution in [0.25, 0.3) is 21.2 Å². The number of benzene rings is 3. The van der Waals surface area contributed by atoms with Crippen LogP contribution in [0.1, 0.15) is 25.3 Å². The number of nitrogens with zero attached hydrogens (tertiary/aromatic N) is 4. The highest BCUT2D eigenvalue weighted by molar-refractivity contribution is 7.09. The third kappa shape index (κ3) is 3.45. The number of hydrogen-bond donors (Lipinski definition) is 1. The molecule has 10 heteroatoms. The van der Waals surface area contributed by atoms with E-state index in [1.165, 1.54) is 16.4 Å². The molecule has 4 aromatic rings. The van der Waals surface area contributed by atoms with Gasteiger partial charge in [0.1, 0.15) is 11.4 Å². The lowest BCUT2D eigenvalue weighted by molar-refractivity contribution is -0.134. The number of nitriles is 1. The van der Waals surface area contributed by atoms with E-state index in [0.29, 0.717) is 34.2 Å². The highest BCUT2D eigenvalue weighted by atomic mass is 32.1. The van der Waals surface area contributed by atoms with Gasteiger partial charge in [-0.25, -0.2) is 4.90 Å². The van der Waals surface area contributed by atoms with Crippen LogP contribution in [0.4, 0.5) is 5.69 Å². The Morgan fingerprint density at radius 1 is 1.10 bits per heavy atom. The van der Waals surface area contributed by atoms with Gasteiger partial charge in [0.25, 0.3) is 0 Å². The van der Waals surface area contributed by atoms with Crippen molar-refractivity contribution in [2.45, 2.75) is 37.1 Å². The van der Waals surface area contributed by atoms with E-state index in [9.17, 15) is 20.0 Å². The van der Waals surface area contributed by atoms with Gasteiger partial charge in [-0.1, -0.05) is 28.8 Å². The standard InChI is InChI=1S/C30H24N4O5S/c1-29-24(35)14-30(39-29,12-13-38-19-9-6-17(7-10-19)23-16-32-33-40-23)26-25(29)27(36)34(28(26)37)22-11-8-18(15-31)20-4-2-3-5-21(20)22/h2-11,16,24-26,35H,12-14H2,1H3/t24-,25-,26+,29-,30+/m0/s1. The first-order chi connectivity index (χ1) is 19.4. The Balaban J connectivity index is 1.17. The Hall–Kier alpha value is -4.17. The predicted octanol–water partition coefficient (Wildman–Crippen LogP) is 4.10. The fourth-order valence-electron chi connectivity index (χ4n) is 6.79. The number of fused-ring (bicyclic) bond motifs is 6. The number of ether oxygens (including phenoxy) is 2. The fraction of sp³-hybridized carbons (Fsp3) is 0.300. The molecule has 7 rings (SSSR count). The summed E-state index contributed by atoms with van der Waals surface area (Å²) in [5, 5.41) is 25.8. The van der Waals surface area contributed by atoms with Crippen molar-refractivity contribution in [3.63, 3.8) is 0 Å². The van der Waals surface area contributed by atoms with Crippen molar-refractivity contribution in [1.29, 1.82) is 5.26 Å². The van der Waals surface area contributed by atoms with E-state index in [0.717, 1.165) is 10.4 Å². The number of carbonyl (C=O) groups excluding carboxylic acids is 2. The minimum Gasteiger partial charge on any atom is -0.493 e. The van der Waals surface area contributed by atoms with Gasteiger partial charge in [0.15, 0.2) is 0 Å². The monoisotopic (exact) mass is 552 g/mol. The molecule has 0 radical (unpaired) electrons. The molecule has 3 aliphatic heterocycles. The molecule has 3 saturated heterocycles. The van der Waals surface area contributed by atoms with Gasteiger partial charge in [-0.3, -0.25) is 9.59 Å². The summed E-state index contributed by atoms with van der Waals surface area (Å²) in [5.74, 6) is -1.63. The second kappa shape index (κ2) is 8.93. The molecule has 3 aromatic carbocycles. The summed E-state index contributed by atoms with van der Waals surface area (Å²) in [7, 11) is 0. The first-order valence-electron chi connectivity index (χ1n) is 13.0. The van der Waals surface area contributed by atoms with Crippen LogP contribution in [0.2, 0.25) is 0 Å². The van der Waals surface area contributed by atoms with Gasteiger partial charge in [0, 0.05) is 23.6 Å². The molecule has 2 bridgehead atoms. The minimum atomic E-state index is -1.18. The van der Waals surface area contributed by atoms with Crippen LogP contribution in [0, 0.1) is 23.2 Å². The molecule has 3 aliphatic rings. The molecule has 200 valence electrons. The third-order valence-electron chi connectivity index (χ3n) is 8.67. The molecule has 1 aromatic heterocycles. The maximum absolute atomic E-state index is 14.1. The minimum absolute atomic E-state index is 0.242. The van der Waals surface area contributed by atoms with E-state index in [-0.39, 0.29) is 24.8 Å². The lowest BCUT2D eigenvalue weighted by Gasteiger charge is -2.33. The zero-order chi connectivity index (χ0) is 27.6. The highest BCUT2D eigenvalue weighted by Gasteiger charge is 2.77. The molecule has 0 unspecified atom stereocenters. The Morgan fingerprint density at radius 3 is 2.58 bits per heavy atom. The fourth-order valence-corrected chi connectivity index (χ4v) is 7.31. The van der Waals surface area contributed by atoms with Crippen LogP contribution in [0.15, 0.2) is 66.9 Å². The van der Waals surface area contributed by atoms with Crippen LogP contribution in [0.3, 0.4) is 0 Å². The first-order valence-corrected chi connectivity index (χ1v) is 13.8. The molecule has 3 fully saturated rings. The van der Waals surface area contributed by atoms with Gasteiger partial charge < -0.3 is 14.6 Å². The van der Waals surface area contributed by atoms with Gasteiger partial charge >= 0.3 is 0 Å². The van der Waals surface area contributed by atoms with E-state index >= 15 is 0 Å². The van der Waals surface area contributed by atoms with Gasteiger partial charge in [0.2, 0.25) is 11.8 Å². The molecule has 0 aliphatic carbocycles. The van der Waals surface area contributed by atoms with Crippen molar-refractivity contribution in [3.05, 3.63) is 72.4 Å². The van der Waals surface area contributed by atoms with Crippen molar-refractivity contribution >= 4 is 39.8 Å². The molecule has 40 heavy (non-hydrogen) atoms. The number of hydrogen-bond acceptors (Lipinski definition) is 9. The first kappa shape index (κ1) is 24.8. The normalized spacial score (nSPS) is 28.7. The molecule has 0 saturated carbocycles. The Labute approximate surface area is 233 Å². The maximum Gasteiger partial charge on any atom is 0.240 e. The summed E-state index contributed by atoms with van der Waals surface area (Å²) in [6.07, 6.45) is 1.39. The number of rotatable bonds is 6.